The monoisotopic (exact) mass is 261 g/mol. The van der Waals surface area contributed by atoms with Gasteiger partial charge in [-0.1, -0.05) is 25.1 Å². The Hall–Kier alpha value is -0.860. The molecule has 1 heterocycles. The first-order valence-corrected chi connectivity index (χ1v) is 7.50. The van der Waals surface area contributed by atoms with Crippen molar-refractivity contribution in [2.75, 3.05) is 13.1 Å². The zero-order chi connectivity index (χ0) is 14.0. The van der Waals surface area contributed by atoms with Crippen LogP contribution in [0.1, 0.15) is 55.9 Å². The van der Waals surface area contributed by atoms with Gasteiger partial charge in [0, 0.05) is 5.54 Å². The molecule has 2 rings (SSSR count). The van der Waals surface area contributed by atoms with Crippen LogP contribution in [0.25, 0.3) is 0 Å². The largest absolute Gasteiger partial charge is 0.386 e. The van der Waals surface area contributed by atoms with Crippen LogP contribution in [0.5, 0.6) is 0 Å². The summed E-state index contributed by atoms with van der Waals surface area (Å²) in [5.41, 5.74) is 3.44. The third-order valence-corrected chi connectivity index (χ3v) is 5.07. The van der Waals surface area contributed by atoms with E-state index in [-0.39, 0.29) is 5.54 Å². The first-order chi connectivity index (χ1) is 9.00. The molecule has 1 aliphatic heterocycles. The lowest BCUT2D eigenvalue weighted by Crippen LogP contribution is -2.49. The summed E-state index contributed by atoms with van der Waals surface area (Å²) in [6.07, 6.45) is 3.08. The fourth-order valence-electron chi connectivity index (χ4n) is 3.22. The topological polar surface area (TPSA) is 23.5 Å². The normalized spacial score (nSPS) is 21.3. The van der Waals surface area contributed by atoms with Gasteiger partial charge in [-0.3, -0.25) is 4.90 Å². The molecule has 2 atom stereocenters. The maximum absolute atomic E-state index is 11.0. The van der Waals surface area contributed by atoms with Crippen molar-refractivity contribution >= 4 is 0 Å². The number of aliphatic hydroxyl groups excluding tert-OH is 1. The summed E-state index contributed by atoms with van der Waals surface area (Å²) < 4.78 is 0. The van der Waals surface area contributed by atoms with Gasteiger partial charge in [0.05, 0.1) is 6.10 Å². The van der Waals surface area contributed by atoms with Crippen LogP contribution in [0.2, 0.25) is 0 Å². The van der Waals surface area contributed by atoms with E-state index in [0.29, 0.717) is 0 Å². The highest BCUT2D eigenvalue weighted by Gasteiger charge is 2.39. The lowest BCUT2D eigenvalue weighted by atomic mass is 9.83. The Kier molecular flexibility index (Phi) is 4.32. The molecule has 106 valence electrons. The van der Waals surface area contributed by atoms with Crippen molar-refractivity contribution in [1.29, 1.82) is 0 Å². The third kappa shape index (κ3) is 2.56. The van der Waals surface area contributed by atoms with Crippen molar-refractivity contribution < 1.29 is 5.11 Å². The Morgan fingerprint density at radius 3 is 2.47 bits per heavy atom. The van der Waals surface area contributed by atoms with E-state index in [0.717, 1.165) is 25.1 Å². The van der Waals surface area contributed by atoms with Crippen molar-refractivity contribution in [2.24, 2.45) is 0 Å². The molecular formula is C17H27NO. The molecule has 0 spiro atoms. The second-order valence-corrected chi connectivity index (χ2v) is 6.10. The summed E-state index contributed by atoms with van der Waals surface area (Å²) in [5, 5.41) is 11.0. The molecule has 0 amide bonds. The Morgan fingerprint density at radius 1 is 1.26 bits per heavy atom. The summed E-state index contributed by atoms with van der Waals surface area (Å²) >= 11 is 0. The molecule has 0 radical (unpaired) electrons. The first-order valence-electron chi connectivity index (χ1n) is 7.50. The Bertz CT molecular complexity index is 437. The minimum absolute atomic E-state index is 0.144. The Labute approximate surface area is 117 Å². The van der Waals surface area contributed by atoms with Crippen LogP contribution in [-0.4, -0.2) is 28.6 Å². The van der Waals surface area contributed by atoms with E-state index in [1.165, 1.54) is 24.0 Å². The van der Waals surface area contributed by atoms with Crippen LogP contribution < -0.4 is 0 Å². The van der Waals surface area contributed by atoms with Gasteiger partial charge >= 0.3 is 0 Å². The number of aryl methyl sites for hydroxylation is 1. The van der Waals surface area contributed by atoms with Gasteiger partial charge in [-0.2, -0.15) is 0 Å². The maximum Gasteiger partial charge on any atom is 0.0973 e. The zero-order valence-corrected chi connectivity index (χ0v) is 12.7. The second-order valence-electron chi connectivity index (χ2n) is 6.10. The number of rotatable bonds is 4. The lowest BCUT2D eigenvalue weighted by molar-refractivity contribution is -0.0143. The van der Waals surface area contributed by atoms with E-state index in [2.05, 4.69) is 50.8 Å². The molecule has 0 aliphatic carbocycles. The van der Waals surface area contributed by atoms with Gasteiger partial charge in [-0.25, -0.2) is 0 Å². The minimum Gasteiger partial charge on any atom is -0.386 e. The molecule has 2 nitrogen and oxygen atoms in total. The van der Waals surface area contributed by atoms with Crippen molar-refractivity contribution in [3.05, 3.63) is 34.9 Å². The summed E-state index contributed by atoms with van der Waals surface area (Å²) in [6.45, 7) is 10.9. The predicted octanol–water partition coefficient (Wildman–Crippen LogP) is 3.60. The average molecular weight is 261 g/mol. The van der Waals surface area contributed by atoms with Gasteiger partial charge in [0.1, 0.15) is 0 Å². The molecule has 0 bridgehead atoms. The highest BCUT2D eigenvalue weighted by atomic mass is 16.3. The Morgan fingerprint density at radius 2 is 1.89 bits per heavy atom. The van der Waals surface area contributed by atoms with Crippen LogP contribution in [0.15, 0.2) is 18.2 Å². The molecule has 1 N–H and O–H groups in total. The van der Waals surface area contributed by atoms with Crippen LogP contribution in [-0.2, 0) is 0 Å². The van der Waals surface area contributed by atoms with Gasteiger partial charge in [0.15, 0.2) is 0 Å². The molecule has 2 heteroatoms. The van der Waals surface area contributed by atoms with Crippen molar-refractivity contribution in [3.8, 4) is 0 Å². The van der Waals surface area contributed by atoms with E-state index in [1.807, 2.05) is 0 Å². The van der Waals surface area contributed by atoms with Gasteiger partial charge in [-0.05, 0) is 69.8 Å². The van der Waals surface area contributed by atoms with Crippen molar-refractivity contribution in [2.45, 2.75) is 58.6 Å². The summed E-state index contributed by atoms with van der Waals surface area (Å²) in [5.74, 6) is 0. The van der Waals surface area contributed by atoms with Crippen LogP contribution >= 0.6 is 0 Å². The van der Waals surface area contributed by atoms with Gasteiger partial charge in [0.2, 0.25) is 0 Å². The minimum atomic E-state index is -0.407. The first kappa shape index (κ1) is 14.5. The van der Waals surface area contributed by atoms with E-state index in [9.17, 15) is 5.11 Å². The fraction of sp³-hybridized carbons (Fsp3) is 0.647. The molecule has 0 aromatic heterocycles. The zero-order valence-electron chi connectivity index (χ0n) is 12.7. The molecule has 1 saturated heterocycles. The van der Waals surface area contributed by atoms with Gasteiger partial charge in [0.25, 0.3) is 0 Å². The van der Waals surface area contributed by atoms with E-state index < -0.39 is 6.10 Å². The second kappa shape index (κ2) is 5.64. The molecule has 19 heavy (non-hydrogen) atoms. The average Bonchev–Trinajstić information content (AvgIpc) is 2.94. The number of benzene rings is 1. The SMILES string of the molecule is CCC(C)(C(O)c1cccc(C)c1C)N1CCCC1. The predicted molar refractivity (Wildman–Crippen MR) is 80.4 cm³/mol. The van der Waals surface area contributed by atoms with E-state index >= 15 is 0 Å². The standard InChI is InChI=1S/C17H27NO/c1-5-17(4,18-11-6-7-12-18)16(19)15-10-8-9-13(2)14(15)3/h8-10,16,19H,5-7,11-12H2,1-4H3. The number of nitrogens with zero attached hydrogens (tertiary/aromatic N) is 1. The smallest absolute Gasteiger partial charge is 0.0973 e. The number of hydrogen-bond acceptors (Lipinski definition) is 2. The highest BCUT2D eigenvalue weighted by Crippen LogP contribution is 2.37. The molecule has 1 aromatic rings. The van der Waals surface area contributed by atoms with Crippen LogP contribution in [0.4, 0.5) is 0 Å². The third-order valence-electron chi connectivity index (χ3n) is 5.07. The molecular weight excluding hydrogens is 234 g/mol. The Balaban J connectivity index is 2.34. The van der Waals surface area contributed by atoms with Crippen LogP contribution in [0.3, 0.4) is 0 Å². The molecule has 0 saturated carbocycles. The fourth-order valence-corrected chi connectivity index (χ4v) is 3.22. The number of aliphatic hydroxyl groups is 1. The van der Waals surface area contributed by atoms with Gasteiger partial charge in [-0.15, -0.1) is 0 Å². The lowest BCUT2D eigenvalue weighted by Gasteiger charge is -2.42. The summed E-state index contributed by atoms with van der Waals surface area (Å²) in [6, 6.07) is 6.25. The van der Waals surface area contributed by atoms with Crippen LogP contribution in [0, 0.1) is 13.8 Å². The molecule has 1 fully saturated rings. The van der Waals surface area contributed by atoms with Gasteiger partial charge < -0.3 is 5.11 Å². The van der Waals surface area contributed by atoms with E-state index in [1.54, 1.807) is 0 Å². The van der Waals surface area contributed by atoms with Crippen molar-refractivity contribution in [1.82, 2.24) is 4.90 Å². The number of hydrogen-bond donors (Lipinski definition) is 1. The molecule has 1 aliphatic rings. The summed E-state index contributed by atoms with van der Waals surface area (Å²) in [7, 11) is 0. The maximum atomic E-state index is 11.0. The highest BCUT2D eigenvalue weighted by molar-refractivity contribution is 5.36. The van der Waals surface area contributed by atoms with Crippen molar-refractivity contribution in [3.63, 3.8) is 0 Å². The summed E-state index contributed by atoms with van der Waals surface area (Å²) in [4.78, 5) is 2.47. The molecule has 1 aromatic carbocycles. The van der Waals surface area contributed by atoms with E-state index in [4.69, 9.17) is 0 Å². The number of likely N-dealkylation sites (tertiary alicyclic amines) is 1. The quantitative estimate of drug-likeness (QED) is 0.895. The molecule has 2 unspecified atom stereocenters.